The average molecular weight is 450 g/mol. The van der Waals surface area contributed by atoms with Crippen molar-refractivity contribution in [3.8, 4) is 17.0 Å². The molecule has 0 spiro atoms. The minimum atomic E-state index is -1.28. The minimum Gasteiger partial charge on any atom is -0.481 e. The fourth-order valence-corrected chi connectivity index (χ4v) is 4.72. The number of rotatable bonds is 7. The summed E-state index contributed by atoms with van der Waals surface area (Å²) in [4.78, 5) is 26.6. The van der Waals surface area contributed by atoms with Crippen molar-refractivity contribution in [2.24, 2.45) is 7.05 Å². The molecule has 8 nitrogen and oxygen atoms in total. The van der Waals surface area contributed by atoms with Gasteiger partial charge in [-0.2, -0.15) is 5.10 Å². The van der Waals surface area contributed by atoms with Crippen molar-refractivity contribution in [3.63, 3.8) is 0 Å². The lowest BCUT2D eigenvalue weighted by Gasteiger charge is -2.28. The van der Waals surface area contributed by atoms with Gasteiger partial charge in [0.05, 0.1) is 18.4 Å². The number of carboxylic acid groups (broad SMARTS) is 1. The highest BCUT2D eigenvalue weighted by Crippen LogP contribution is 2.44. The van der Waals surface area contributed by atoms with Crippen LogP contribution >= 0.6 is 0 Å². The molecule has 2 aromatic carbocycles. The van der Waals surface area contributed by atoms with E-state index in [-0.39, 0.29) is 19.1 Å². The molecule has 8 heteroatoms. The third-order valence-electron chi connectivity index (χ3n) is 6.14. The highest BCUT2D eigenvalue weighted by atomic mass is 16.6. The summed E-state index contributed by atoms with van der Waals surface area (Å²) in [7, 11) is 3.11. The lowest BCUT2D eigenvalue weighted by Crippen LogP contribution is -2.40. The summed E-state index contributed by atoms with van der Waals surface area (Å²) < 4.78 is 12.6. The second kappa shape index (κ2) is 8.97. The normalized spacial score (nSPS) is 13.2. The van der Waals surface area contributed by atoms with Crippen LogP contribution in [-0.2, 0) is 16.6 Å². The topological polar surface area (TPSA) is 93.9 Å². The summed E-state index contributed by atoms with van der Waals surface area (Å²) in [6.45, 7) is 3.67. The number of ether oxygens (including phenoxy) is 2. The Kier molecular flexibility index (Phi) is 6.09. The summed E-state index contributed by atoms with van der Waals surface area (Å²) in [6.07, 6.45) is -0.697. The van der Waals surface area contributed by atoms with Gasteiger partial charge in [-0.1, -0.05) is 48.5 Å². The van der Waals surface area contributed by atoms with Crippen molar-refractivity contribution in [1.29, 1.82) is 0 Å². The van der Waals surface area contributed by atoms with Crippen LogP contribution in [0.2, 0.25) is 0 Å². The quantitative estimate of drug-likeness (QED) is 0.583. The summed E-state index contributed by atoms with van der Waals surface area (Å²) in [5.41, 5.74) is 5.25. The Morgan fingerprint density at radius 1 is 1.12 bits per heavy atom. The lowest BCUT2D eigenvalue weighted by atomic mass is 9.98. The molecule has 4 rings (SSSR count). The number of aliphatic carboxylic acids is 1. The number of carbonyl (C=O) groups excluding carboxylic acids is 1. The first kappa shape index (κ1) is 22.4. The average Bonchev–Trinajstić information content (AvgIpc) is 3.28. The van der Waals surface area contributed by atoms with E-state index in [0.29, 0.717) is 17.1 Å². The standard InChI is InChI=1S/C25H27N3O5/c1-5-28(22(24(29)30)21-15(2)26-27(3)23(21)32-4)25(31)33-14-20-18-12-8-6-10-16(18)17-11-7-9-13-19(17)20/h6-13,20,22H,5,14H2,1-4H3,(H,29,30). The fraction of sp³-hybridized carbons (Fsp3) is 0.320. The molecule has 33 heavy (non-hydrogen) atoms. The van der Waals surface area contributed by atoms with E-state index in [2.05, 4.69) is 17.2 Å². The molecule has 1 N–H and O–H groups in total. The molecular formula is C25H27N3O5. The Hall–Kier alpha value is -3.81. The van der Waals surface area contributed by atoms with Gasteiger partial charge in [-0.05, 0) is 36.1 Å². The van der Waals surface area contributed by atoms with Gasteiger partial charge in [0.15, 0.2) is 6.04 Å². The number of aromatic nitrogens is 2. The molecule has 1 aliphatic rings. The van der Waals surface area contributed by atoms with Crippen LogP contribution in [0.4, 0.5) is 4.79 Å². The first-order valence-corrected chi connectivity index (χ1v) is 10.8. The van der Waals surface area contributed by atoms with Crippen LogP contribution in [0.5, 0.6) is 5.88 Å². The van der Waals surface area contributed by atoms with Gasteiger partial charge in [0.2, 0.25) is 5.88 Å². The fourth-order valence-electron chi connectivity index (χ4n) is 4.72. The van der Waals surface area contributed by atoms with Gasteiger partial charge in [-0.25, -0.2) is 14.3 Å². The largest absolute Gasteiger partial charge is 0.481 e. The van der Waals surface area contributed by atoms with E-state index in [9.17, 15) is 14.7 Å². The zero-order valence-electron chi connectivity index (χ0n) is 19.1. The van der Waals surface area contributed by atoms with E-state index >= 15 is 0 Å². The van der Waals surface area contributed by atoms with Crippen LogP contribution in [0.15, 0.2) is 48.5 Å². The van der Waals surface area contributed by atoms with Crippen molar-refractivity contribution in [2.45, 2.75) is 25.8 Å². The number of nitrogens with zero attached hydrogens (tertiary/aromatic N) is 3. The number of amides is 1. The molecule has 1 heterocycles. The molecular weight excluding hydrogens is 422 g/mol. The third kappa shape index (κ3) is 3.82. The van der Waals surface area contributed by atoms with Gasteiger partial charge in [0, 0.05) is 19.5 Å². The number of aryl methyl sites for hydroxylation is 2. The summed E-state index contributed by atoms with van der Waals surface area (Å²) in [5, 5.41) is 14.3. The van der Waals surface area contributed by atoms with Crippen LogP contribution in [0.3, 0.4) is 0 Å². The van der Waals surface area contributed by atoms with Crippen LogP contribution in [0.1, 0.15) is 41.3 Å². The van der Waals surface area contributed by atoms with E-state index in [4.69, 9.17) is 9.47 Å². The van der Waals surface area contributed by atoms with Gasteiger partial charge in [-0.15, -0.1) is 0 Å². The van der Waals surface area contributed by atoms with Gasteiger partial charge in [0.25, 0.3) is 0 Å². The predicted octanol–water partition coefficient (Wildman–Crippen LogP) is 4.13. The number of carbonyl (C=O) groups is 2. The number of hydrogen-bond acceptors (Lipinski definition) is 5. The van der Waals surface area contributed by atoms with Crippen molar-refractivity contribution < 1.29 is 24.2 Å². The molecule has 0 fully saturated rings. The molecule has 3 aromatic rings. The smallest absolute Gasteiger partial charge is 0.410 e. The molecule has 0 bridgehead atoms. The maximum Gasteiger partial charge on any atom is 0.410 e. The molecule has 0 saturated carbocycles. The minimum absolute atomic E-state index is 0.110. The number of methoxy groups -OCH3 is 1. The number of benzene rings is 2. The highest BCUT2D eigenvalue weighted by Gasteiger charge is 2.38. The molecule has 1 unspecified atom stereocenters. The molecule has 0 aliphatic heterocycles. The Balaban J connectivity index is 1.61. The van der Waals surface area contributed by atoms with Crippen molar-refractivity contribution in [1.82, 2.24) is 14.7 Å². The van der Waals surface area contributed by atoms with Crippen LogP contribution in [0, 0.1) is 6.92 Å². The summed E-state index contributed by atoms with van der Waals surface area (Å²) in [5.74, 6) is -0.998. The van der Waals surface area contributed by atoms with E-state index in [1.54, 1.807) is 20.9 Å². The molecule has 1 atom stereocenters. The summed E-state index contributed by atoms with van der Waals surface area (Å²) >= 11 is 0. The van der Waals surface area contributed by atoms with E-state index in [0.717, 1.165) is 22.3 Å². The first-order chi connectivity index (χ1) is 15.9. The van der Waals surface area contributed by atoms with Gasteiger partial charge >= 0.3 is 12.1 Å². The van der Waals surface area contributed by atoms with E-state index < -0.39 is 18.1 Å². The number of likely N-dealkylation sites (N-methyl/N-ethyl adjacent to an activating group) is 1. The Morgan fingerprint density at radius 2 is 1.70 bits per heavy atom. The lowest BCUT2D eigenvalue weighted by molar-refractivity contribution is -0.143. The molecule has 1 aliphatic carbocycles. The summed E-state index contributed by atoms with van der Waals surface area (Å²) in [6, 6.07) is 14.8. The zero-order chi connectivity index (χ0) is 23.7. The number of carboxylic acids is 1. The number of fused-ring (bicyclic) bond motifs is 3. The number of hydrogen-bond donors (Lipinski definition) is 1. The van der Waals surface area contributed by atoms with E-state index in [1.807, 2.05) is 36.4 Å². The van der Waals surface area contributed by atoms with Crippen molar-refractivity contribution in [3.05, 3.63) is 70.9 Å². The maximum absolute atomic E-state index is 13.2. The van der Waals surface area contributed by atoms with Crippen LogP contribution in [0.25, 0.3) is 11.1 Å². The van der Waals surface area contributed by atoms with Crippen LogP contribution < -0.4 is 4.74 Å². The highest BCUT2D eigenvalue weighted by molar-refractivity contribution is 5.83. The second-order valence-electron chi connectivity index (χ2n) is 7.96. The maximum atomic E-state index is 13.2. The van der Waals surface area contributed by atoms with Crippen molar-refractivity contribution in [2.75, 3.05) is 20.3 Å². The third-order valence-corrected chi connectivity index (χ3v) is 6.14. The molecule has 1 amide bonds. The molecule has 172 valence electrons. The van der Waals surface area contributed by atoms with Gasteiger partial charge < -0.3 is 14.6 Å². The Bertz CT molecular complexity index is 1160. The van der Waals surface area contributed by atoms with Gasteiger partial charge in [-0.3, -0.25) is 4.90 Å². The zero-order valence-corrected chi connectivity index (χ0v) is 19.1. The Labute approximate surface area is 192 Å². The predicted molar refractivity (Wildman–Crippen MR) is 122 cm³/mol. The monoisotopic (exact) mass is 449 g/mol. The molecule has 1 aromatic heterocycles. The van der Waals surface area contributed by atoms with Crippen molar-refractivity contribution >= 4 is 12.1 Å². The molecule has 0 saturated heterocycles. The Morgan fingerprint density at radius 3 is 2.21 bits per heavy atom. The van der Waals surface area contributed by atoms with Crippen LogP contribution in [-0.4, -0.2) is 52.1 Å². The SMILES string of the molecule is CCN(C(=O)OCC1c2ccccc2-c2ccccc21)C(C(=O)O)c1c(C)nn(C)c1OC. The second-order valence-corrected chi connectivity index (χ2v) is 7.96. The first-order valence-electron chi connectivity index (χ1n) is 10.8. The molecule has 0 radical (unpaired) electrons. The van der Waals surface area contributed by atoms with E-state index in [1.165, 1.54) is 16.7 Å². The van der Waals surface area contributed by atoms with Gasteiger partial charge in [0.1, 0.15) is 6.61 Å².